The Balaban J connectivity index is 1.68. The minimum absolute atomic E-state index is 0.564. The summed E-state index contributed by atoms with van der Waals surface area (Å²) in [7, 11) is 1.63. The maximum Gasteiger partial charge on any atom is 0.329 e. The van der Waals surface area contributed by atoms with Crippen LogP contribution in [0.25, 0.3) is 5.69 Å². The fraction of sp³-hybridized carbons (Fsp3) is 0.208. The van der Waals surface area contributed by atoms with E-state index in [0.717, 1.165) is 39.5 Å². The highest BCUT2D eigenvalue weighted by molar-refractivity contribution is 6.39. The third-order valence-corrected chi connectivity index (χ3v) is 5.12. The van der Waals surface area contributed by atoms with Crippen LogP contribution in [0.5, 0.6) is 5.75 Å². The van der Waals surface area contributed by atoms with Crippen molar-refractivity contribution in [1.29, 1.82) is 0 Å². The summed E-state index contributed by atoms with van der Waals surface area (Å²) in [6.45, 7) is 7.87. The molecule has 2 N–H and O–H groups in total. The summed E-state index contributed by atoms with van der Waals surface area (Å²) in [6, 6.07) is 15.2. The number of nitrogens with one attached hydrogen (secondary N) is 2. The molecule has 3 aromatic rings. The van der Waals surface area contributed by atoms with Gasteiger partial charge in [-0.05, 0) is 69.2 Å². The molecule has 0 atom stereocenters. The van der Waals surface area contributed by atoms with Crippen molar-refractivity contribution in [2.45, 2.75) is 27.7 Å². The van der Waals surface area contributed by atoms with Crippen LogP contribution in [0.15, 0.2) is 53.6 Å². The number of ether oxygens (including phenoxy) is 1. The Morgan fingerprint density at radius 2 is 1.74 bits per heavy atom. The van der Waals surface area contributed by atoms with Gasteiger partial charge in [0.15, 0.2) is 0 Å². The highest BCUT2D eigenvalue weighted by atomic mass is 16.5. The molecular weight excluding hydrogens is 392 g/mol. The Hall–Kier alpha value is -3.87. The lowest BCUT2D eigenvalue weighted by molar-refractivity contribution is -0.136. The van der Waals surface area contributed by atoms with E-state index in [1.54, 1.807) is 13.2 Å². The first-order valence-electron chi connectivity index (χ1n) is 9.85. The third-order valence-electron chi connectivity index (χ3n) is 5.12. The molecule has 0 aliphatic heterocycles. The van der Waals surface area contributed by atoms with Gasteiger partial charge in [0.2, 0.25) is 0 Å². The van der Waals surface area contributed by atoms with E-state index in [2.05, 4.69) is 20.4 Å². The van der Waals surface area contributed by atoms with Crippen molar-refractivity contribution in [3.63, 3.8) is 0 Å². The number of amides is 2. The predicted octanol–water partition coefficient (Wildman–Crippen LogP) is 3.81. The molecule has 0 bridgehead atoms. The molecule has 7 nitrogen and oxygen atoms in total. The van der Waals surface area contributed by atoms with E-state index in [9.17, 15) is 9.59 Å². The number of methoxy groups -OCH3 is 1. The summed E-state index contributed by atoms with van der Waals surface area (Å²) in [5.41, 5.74) is 8.73. The van der Waals surface area contributed by atoms with Crippen LogP contribution in [-0.4, -0.2) is 29.7 Å². The summed E-state index contributed by atoms with van der Waals surface area (Å²) in [4.78, 5) is 24.2. The fourth-order valence-electron chi connectivity index (χ4n) is 3.28. The summed E-state index contributed by atoms with van der Waals surface area (Å²) in [5, 5.41) is 6.53. The molecule has 3 rings (SSSR count). The largest absolute Gasteiger partial charge is 0.497 e. The predicted molar refractivity (Wildman–Crippen MR) is 122 cm³/mol. The molecule has 1 aromatic heterocycles. The Morgan fingerprint density at radius 1 is 0.968 bits per heavy atom. The molecule has 1 heterocycles. The van der Waals surface area contributed by atoms with E-state index in [1.165, 1.54) is 6.21 Å². The van der Waals surface area contributed by atoms with Gasteiger partial charge in [0, 0.05) is 34.4 Å². The molecular formula is C24H26N4O3. The van der Waals surface area contributed by atoms with Gasteiger partial charge < -0.3 is 14.6 Å². The van der Waals surface area contributed by atoms with Gasteiger partial charge in [0.25, 0.3) is 0 Å². The van der Waals surface area contributed by atoms with Crippen LogP contribution in [0.3, 0.4) is 0 Å². The fourth-order valence-corrected chi connectivity index (χ4v) is 3.28. The number of aryl methyl sites for hydroxylation is 3. The van der Waals surface area contributed by atoms with Gasteiger partial charge in [-0.3, -0.25) is 9.59 Å². The first-order chi connectivity index (χ1) is 14.8. The second kappa shape index (κ2) is 9.30. The van der Waals surface area contributed by atoms with Crippen molar-refractivity contribution in [3.05, 3.63) is 76.6 Å². The maximum absolute atomic E-state index is 12.1. The molecule has 2 amide bonds. The van der Waals surface area contributed by atoms with E-state index in [-0.39, 0.29) is 0 Å². The second-order valence-corrected chi connectivity index (χ2v) is 7.32. The van der Waals surface area contributed by atoms with E-state index >= 15 is 0 Å². The van der Waals surface area contributed by atoms with Crippen molar-refractivity contribution >= 4 is 23.7 Å². The van der Waals surface area contributed by atoms with Gasteiger partial charge in [-0.1, -0.05) is 12.1 Å². The van der Waals surface area contributed by atoms with E-state index in [4.69, 9.17) is 4.74 Å². The minimum Gasteiger partial charge on any atom is -0.497 e. The van der Waals surface area contributed by atoms with E-state index < -0.39 is 11.8 Å². The molecule has 0 saturated carbocycles. The topological polar surface area (TPSA) is 84.7 Å². The summed E-state index contributed by atoms with van der Waals surface area (Å²) in [6.07, 6.45) is 1.53. The van der Waals surface area contributed by atoms with Crippen molar-refractivity contribution in [1.82, 2.24) is 9.99 Å². The minimum atomic E-state index is -0.837. The average Bonchev–Trinajstić information content (AvgIpc) is 3.03. The van der Waals surface area contributed by atoms with E-state index in [1.807, 2.05) is 70.2 Å². The number of benzene rings is 2. The molecule has 160 valence electrons. The molecule has 0 radical (unpaired) electrons. The molecule has 0 fully saturated rings. The highest BCUT2D eigenvalue weighted by Gasteiger charge is 2.14. The number of carbonyl (C=O) groups is 2. The van der Waals surface area contributed by atoms with Crippen LogP contribution in [0.1, 0.15) is 28.1 Å². The third kappa shape index (κ3) is 5.01. The van der Waals surface area contributed by atoms with Crippen LogP contribution < -0.4 is 15.5 Å². The molecule has 0 aliphatic rings. The summed E-state index contributed by atoms with van der Waals surface area (Å²) < 4.78 is 7.37. The van der Waals surface area contributed by atoms with Gasteiger partial charge >= 0.3 is 11.8 Å². The number of anilines is 1. The van der Waals surface area contributed by atoms with Crippen LogP contribution in [0.4, 0.5) is 5.69 Å². The number of aromatic nitrogens is 1. The van der Waals surface area contributed by atoms with Gasteiger partial charge in [0.05, 0.1) is 13.3 Å². The number of hydrogen-bond acceptors (Lipinski definition) is 4. The first-order valence-corrected chi connectivity index (χ1v) is 9.85. The standard InChI is InChI=1S/C24H26N4O3/c1-15-9-10-20(11-16(15)2)26-23(29)24(30)27-25-14-19-12-17(3)28(18(19)4)21-7-6-8-22(13-21)31-5/h6-14H,1-5H3,(H,26,29)(H,27,30)/b25-14+. The maximum atomic E-state index is 12.1. The normalized spacial score (nSPS) is 10.9. The van der Waals surface area contributed by atoms with Gasteiger partial charge in [0.1, 0.15) is 5.75 Å². The van der Waals surface area contributed by atoms with Crippen molar-refractivity contribution in [2.24, 2.45) is 5.10 Å². The zero-order valence-corrected chi connectivity index (χ0v) is 18.3. The summed E-state index contributed by atoms with van der Waals surface area (Å²) >= 11 is 0. The van der Waals surface area contributed by atoms with Crippen molar-refractivity contribution in [3.8, 4) is 11.4 Å². The summed E-state index contributed by atoms with van der Waals surface area (Å²) in [5.74, 6) is -0.847. The van der Waals surface area contributed by atoms with Crippen LogP contribution in [0.2, 0.25) is 0 Å². The second-order valence-electron chi connectivity index (χ2n) is 7.32. The molecule has 0 saturated heterocycles. The molecule has 0 unspecified atom stereocenters. The first kappa shape index (κ1) is 21.8. The Labute approximate surface area is 181 Å². The zero-order valence-electron chi connectivity index (χ0n) is 18.3. The van der Waals surface area contributed by atoms with Gasteiger partial charge in [-0.2, -0.15) is 5.10 Å². The van der Waals surface area contributed by atoms with Crippen molar-refractivity contribution < 1.29 is 14.3 Å². The molecule has 0 spiro atoms. The zero-order chi connectivity index (χ0) is 22.5. The van der Waals surface area contributed by atoms with Crippen LogP contribution in [0, 0.1) is 27.7 Å². The molecule has 0 aliphatic carbocycles. The molecule has 2 aromatic carbocycles. The number of hydrazone groups is 1. The number of rotatable bonds is 5. The lowest BCUT2D eigenvalue weighted by atomic mass is 10.1. The quantitative estimate of drug-likeness (QED) is 0.375. The Bertz CT molecular complexity index is 1160. The average molecular weight is 418 g/mol. The lowest BCUT2D eigenvalue weighted by Gasteiger charge is -2.11. The number of carbonyl (C=O) groups excluding carboxylic acids is 2. The molecule has 31 heavy (non-hydrogen) atoms. The lowest BCUT2D eigenvalue weighted by Crippen LogP contribution is -2.32. The smallest absolute Gasteiger partial charge is 0.329 e. The Morgan fingerprint density at radius 3 is 2.45 bits per heavy atom. The monoisotopic (exact) mass is 418 g/mol. The van der Waals surface area contributed by atoms with E-state index in [0.29, 0.717) is 5.69 Å². The Kier molecular flexibility index (Phi) is 6.55. The van der Waals surface area contributed by atoms with Crippen LogP contribution >= 0.6 is 0 Å². The number of hydrogen-bond donors (Lipinski definition) is 2. The van der Waals surface area contributed by atoms with Gasteiger partial charge in [-0.25, -0.2) is 5.43 Å². The molecule has 7 heteroatoms. The highest BCUT2D eigenvalue weighted by Crippen LogP contribution is 2.23. The van der Waals surface area contributed by atoms with Gasteiger partial charge in [-0.15, -0.1) is 0 Å². The van der Waals surface area contributed by atoms with Crippen molar-refractivity contribution in [2.75, 3.05) is 12.4 Å². The number of nitrogens with zero attached hydrogens (tertiary/aromatic N) is 2. The van der Waals surface area contributed by atoms with Crippen LogP contribution in [-0.2, 0) is 9.59 Å². The SMILES string of the molecule is COc1cccc(-n2c(C)cc(/C=N/NC(=O)C(=O)Nc3ccc(C)c(C)c3)c2C)c1.